The molecular weight excluding hydrogens is 1470 g/mol. The van der Waals surface area contributed by atoms with Crippen LogP contribution in [-0.2, 0) is 65.4 Å². The van der Waals surface area contributed by atoms with Crippen LogP contribution in [0.1, 0.15) is 523 Å². The fourth-order valence-corrected chi connectivity index (χ4v) is 16.6. The molecule has 0 saturated carbocycles. The topological polar surface area (TPSA) is 237 Å². The van der Waals surface area contributed by atoms with Gasteiger partial charge in [0.05, 0.1) is 26.4 Å². The van der Waals surface area contributed by atoms with Gasteiger partial charge in [-0.15, -0.1) is 0 Å². The van der Waals surface area contributed by atoms with Crippen LogP contribution < -0.4 is 0 Å². The lowest BCUT2D eigenvalue weighted by Crippen LogP contribution is -2.30. The molecule has 0 bridgehead atoms. The van der Waals surface area contributed by atoms with Gasteiger partial charge in [0.2, 0.25) is 0 Å². The van der Waals surface area contributed by atoms with Gasteiger partial charge in [0, 0.05) is 25.7 Å². The summed E-state index contributed by atoms with van der Waals surface area (Å²) in [5.41, 5.74) is 0. The first kappa shape index (κ1) is 112. The molecule has 114 heavy (non-hydrogen) atoms. The number of phosphoric ester groups is 2. The Kier molecular flexibility index (Phi) is 85.9. The van der Waals surface area contributed by atoms with Crippen LogP contribution in [0.15, 0.2) is 0 Å². The van der Waals surface area contributed by atoms with Crippen molar-refractivity contribution >= 4 is 39.5 Å². The number of aliphatic hydroxyl groups excluding tert-OH is 1. The van der Waals surface area contributed by atoms with Crippen molar-refractivity contribution in [2.75, 3.05) is 39.6 Å². The predicted octanol–water partition coefficient (Wildman–Crippen LogP) is 29.9. The van der Waals surface area contributed by atoms with E-state index in [-0.39, 0.29) is 25.7 Å². The second kappa shape index (κ2) is 87.4. The Morgan fingerprint density at radius 2 is 0.421 bits per heavy atom. The Balaban J connectivity index is 5.20. The van der Waals surface area contributed by atoms with Gasteiger partial charge < -0.3 is 33.8 Å². The van der Waals surface area contributed by atoms with Gasteiger partial charge in [0.1, 0.15) is 19.3 Å². The van der Waals surface area contributed by atoms with E-state index in [9.17, 15) is 43.2 Å². The molecule has 3 N–H and O–H groups in total. The highest BCUT2D eigenvalue weighted by molar-refractivity contribution is 7.47. The maximum atomic E-state index is 13.2. The molecule has 0 amide bonds. The van der Waals surface area contributed by atoms with Crippen LogP contribution in [0.4, 0.5) is 0 Å². The highest BCUT2D eigenvalue weighted by Gasteiger charge is 2.31. The SMILES string of the molecule is CCCCCCCCCCCCCCCCCCCCCCCCC(=O)OC[C@H](COP(=O)(O)OC[C@@H](O)COP(=O)(O)OC[C@@H](COC(=O)CCCCCCCCC(C)CC)OC(=O)CCCCCCCCCCCCCCCCCCCCCC)OC(=O)CCCCCCCCCCCCCCCCCCCCCCCC. The Hall–Kier alpha value is -1.94. The third-order valence-electron chi connectivity index (χ3n) is 22.9. The molecule has 6 atom stereocenters. The molecule has 0 aliphatic heterocycles. The van der Waals surface area contributed by atoms with Crippen LogP contribution in [0.2, 0.25) is 0 Å². The first-order chi connectivity index (χ1) is 55.6. The molecule has 0 rings (SSSR count). The summed E-state index contributed by atoms with van der Waals surface area (Å²) in [4.78, 5) is 73.5. The average molecular weight is 1660 g/mol. The molecule has 0 aromatic heterocycles. The second-order valence-corrected chi connectivity index (χ2v) is 37.3. The van der Waals surface area contributed by atoms with Gasteiger partial charge in [-0.2, -0.15) is 0 Å². The van der Waals surface area contributed by atoms with Crippen molar-refractivity contribution in [3.05, 3.63) is 0 Å². The number of hydrogen-bond acceptors (Lipinski definition) is 15. The molecule has 0 fully saturated rings. The minimum Gasteiger partial charge on any atom is -0.462 e. The summed E-state index contributed by atoms with van der Waals surface area (Å²) in [7, 11) is -9.94. The summed E-state index contributed by atoms with van der Waals surface area (Å²) in [6.07, 6.45) is 85.2. The lowest BCUT2D eigenvalue weighted by molar-refractivity contribution is -0.161. The third kappa shape index (κ3) is 86.4. The summed E-state index contributed by atoms with van der Waals surface area (Å²) in [5, 5.41) is 10.7. The number of hydrogen-bond donors (Lipinski definition) is 3. The quantitative estimate of drug-likeness (QED) is 0.0222. The molecule has 19 heteroatoms. The van der Waals surface area contributed by atoms with E-state index in [1.54, 1.807) is 0 Å². The van der Waals surface area contributed by atoms with E-state index in [2.05, 4.69) is 34.6 Å². The normalized spacial score (nSPS) is 13.9. The number of rotatable bonds is 95. The number of aliphatic hydroxyl groups is 1. The molecular formula is C95H186O17P2. The van der Waals surface area contributed by atoms with E-state index < -0.39 is 97.5 Å². The van der Waals surface area contributed by atoms with E-state index in [0.717, 1.165) is 102 Å². The Morgan fingerprint density at radius 1 is 0.246 bits per heavy atom. The molecule has 0 saturated heterocycles. The average Bonchev–Trinajstić information content (AvgIpc) is 0.896. The van der Waals surface area contributed by atoms with Gasteiger partial charge in [0.25, 0.3) is 0 Å². The van der Waals surface area contributed by atoms with E-state index >= 15 is 0 Å². The minimum absolute atomic E-state index is 0.108. The van der Waals surface area contributed by atoms with Crippen molar-refractivity contribution < 1.29 is 80.2 Å². The number of carbonyl (C=O) groups is 4. The third-order valence-corrected chi connectivity index (χ3v) is 24.8. The Labute approximate surface area is 702 Å². The van der Waals surface area contributed by atoms with Crippen LogP contribution in [0.25, 0.3) is 0 Å². The van der Waals surface area contributed by atoms with E-state index in [0.29, 0.717) is 25.7 Å². The first-order valence-corrected chi connectivity index (χ1v) is 52.2. The van der Waals surface area contributed by atoms with Gasteiger partial charge in [0.15, 0.2) is 12.2 Å². The lowest BCUT2D eigenvalue weighted by Gasteiger charge is -2.21. The van der Waals surface area contributed by atoms with Gasteiger partial charge in [-0.05, 0) is 31.6 Å². The molecule has 678 valence electrons. The zero-order chi connectivity index (χ0) is 83.3. The molecule has 3 unspecified atom stereocenters. The van der Waals surface area contributed by atoms with Crippen LogP contribution >= 0.6 is 15.6 Å². The monoisotopic (exact) mass is 1660 g/mol. The van der Waals surface area contributed by atoms with Gasteiger partial charge >= 0.3 is 39.5 Å². The molecule has 0 aromatic carbocycles. The molecule has 17 nitrogen and oxygen atoms in total. The number of carbonyl (C=O) groups excluding carboxylic acids is 4. The Morgan fingerprint density at radius 3 is 0.623 bits per heavy atom. The van der Waals surface area contributed by atoms with E-state index in [1.165, 1.54) is 340 Å². The number of ether oxygens (including phenoxy) is 4. The summed E-state index contributed by atoms with van der Waals surface area (Å²) >= 11 is 0. The van der Waals surface area contributed by atoms with Crippen LogP contribution in [0, 0.1) is 5.92 Å². The zero-order valence-electron chi connectivity index (χ0n) is 75.2. The summed E-state index contributed by atoms with van der Waals surface area (Å²) in [6, 6.07) is 0. The highest BCUT2D eigenvalue weighted by atomic mass is 31.2. The standard InChI is InChI=1S/C95H186O17P2/c1-6-10-13-16-19-22-25-28-31-34-37-40-42-45-47-50-53-56-59-62-68-73-78-92(97)105-84-90(111-94(99)80-75-70-64-61-58-55-52-49-46-43-41-38-35-32-29-26-23-20-17-14-11-7-2)86-109-113(101,102)107-82-89(96)83-108-114(103,104)110-87-91(85-106-93(98)79-74-69-66-65-67-72-77-88(5)9-4)112-95(100)81-76-71-63-60-57-54-51-48-44-39-36-33-30-27-24-21-18-15-12-8-3/h88-91,96H,6-87H2,1-5H3,(H,101,102)(H,103,104)/t88?,89-,90-,91-/m1/s1. The summed E-state index contributed by atoms with van der Waals surface area (Å²) < 4.78 is 69.2. The van der Waals surface area contributed by atoms with E-state index in [1.807, 2.05) is 0 Å². The lowest BCUT2D eigenvalue weighted by atomic mass is 10.00. The molecule has 0 heterocycles. The van der Waals surface area contributed by atoms with Crippen LogP contribution in [-0.4, -0.2) is 96.7 Å². The molecule has 0 aliphatic rings. The zero-order valence-corrected chi connectivity index (χ0v) is 77.0. The summed E-state index contributed by atoms with van der Waals surface area (Å²) in [6.45, 7) is 7.37. The second-order valence-electron chi connectivity index (χ2n) is 34.4. The number of esters is 4. The van der Waals surface area contributed by atoms with Crippen molar-refractivity contribution in [3.8, 4) is 0 Å². The maximum Gasteiger partial charge on any atom is 0.472 e. The smallest absolute Gasteiger partial charge is 0.462 e. The number of unbranched alkanes of at least 4 members (excludes halogenated alkanes) is 66. The van der Waals surface area contributed by atoms with Crippen molar-refractivity contribution in [2.45, 2.75) is 541 Å². The van der Waals surface area contributed by atoms with Gasteiger partial charge in [-0.1, -0.05) is 471 Å². The predicted molar refractivity (Wildman–Crippen MR) is 474 cm³/mol. The van der Waals surface area contributed by atoms with Crippen LogP contribution in [0.5, 0.6) is 0 Å². The molecule has 0 radical (unpaired) electrons. The van der Waals surface area contributed by atoms with Crippen molar-refractivity contribution in [3.63, 3.8) is 0 Å². The largest absolute Gasteiger partial charge is 0.472 e. The summed E-state index contributed by atoms with van der Waals surface area (Å²) in [5.74, 6) is -1.36. The van der Waals surface area contributed by atoms with Crippen molar-refractivity contribution in [1.82, 2.24) is 0 Å². The van der Waals surface area contributed by atoms with Gasteiger partial charge in [-0.3, -0.25) is 37.3 Å². The van der Waals surface area contributed by atoms with Crippen molar-refractivity contribution in [1.29, 1.82) is 0 Å². The van der Waals surface area contributed by atoms with Crippen LogP contribution in [0.3, 0.4) is 0 Å². The first-order valence-electron chi connectivity index (χ1n) is 49.2. The fraction of sp³-hybridized carbons (Fsp3) is 0.958. The number of phosphoric acid groups is 2. The van der Waals surface area contributed by atoms with Gasteiger partial charge in [-0.25, -0.2) is 9.13 Å². The molecule has 0 spiro atoms. The Bertz CT molecular complexity index is 2150. The molecule has 0 aliphatic carbocycles. The minimum atomic E-state index is -4.97. The highest BCUT2D eigenvalue weighted by Crippen LogP contribution is 2.45. The fourth-order valence-electron chi connectivity index (χ4n) is 15.0. The van der Waals surface area contributed by atoms with Crippen molar-refractivity contribution in [2.24, 2.45) is 5.92 Å². The van der Waals surface area contributed by atoms with E-state index in [4.69, 9.17) is 37.0 Å². The molecule has 0 aromatic rings. The maximum absolute atomic E-state index is 13.2.